The molecule has 2 aromatic rings. The highest BCUT2D eigenvalue weighted by Gasteiger charge is 2.43. The van der Waals surface area contributed by atoms with Crippen molar-refractivity contribution in [3.8, 4) is 11.1 Å². The van der Waals surface area contributed by atoms with Gasteiger partial charge in [-0.05, 0) is 61.3 Å². The summed E-state index contributed by atoms with van der Waals surface area (Å²) in [6, 6.07) is 16.3. The van der Waals surface area contributed by atoms with E-state index in [1.54, 1.807) is 4.90 Å². The third-order valence-corrected chi connectivity index (χ3v) is 8.06. The molecule has 184 valence electrons. The van der Waals surface area contributed by atoms with Crippen LogP contribution in [0.3, 0.4) is 0 Å². The first-order chi connectivity index (χ1) is 16.9. The van der Waals surface area contributed by atoms with Crippen LogP contribution in [0, 0.1) is 5.92 Å². The van der Waals surface area contributed by atoms with Gasteiger partial charge in [-0.15, -0.1) is 0 Å². The molecule has 3 aliphatic rings. The van der Waals surface area contributed by atoms with Gasteiger partial charge in [0.25, 0.3) is 0 Å². The first kappa shape index (κ1) is 23.4. The number of rotatable bonds is 6. The van der Waals surface area contributed by atoms with Crippen molar-refractivity contribution >= 4 is 18.0 Å². The van der Waals surface area contributed by atoms with Crippen molar-refractivity contribution in [2.75, 3.05) is 13.2 Å². The van der Waals surface area contributed by atoms with E-state index in [1.807, 2.05) is 31.2 Å². The number of nitrogens with one attached hydrogen (secondary N) is 1. The van der Waals surface area contributed by atoms with E-state index in [1.165, 1.54) is 11.1 Å². The first-order valence-corrected chi connectivity index (χ1v) is 12.5. The number of carboxylic acid groups (broad SMARTS) is 1. The number of hydrogen-bond acceptors (Lipinski definition) is 4. The highest BCUT2D eigenvalue weighted by Crippen LogP contribution is 2.44. The van der Waals surface area contributed by atoms with Gasteiger partial charge in [0.15, 0.2) is 0 Å². The van der Waals surface area contributed by atoms with Gasteiger partial charge in [0.1, 0.15) is 6.61 Å². The lowest BCUT2D eigenvalue weighted by atomic mass is 9.74. The molecule has 0 aromatic heterocycles. The molecule has 2 fully saturated rings. The molecule has 0 spiro atoms. The molecule has 2 aromatic carbocycles. The Morgan fingerprint density at radius 2 is 1.69 bits per heavy atom. The number of piperidine rings is 1. The number of benzene rings is 2. The molecule has 0 radical (unpaired) electrons. The minimum Gasteiger partial charge on any atom is -0.481 e. The number of hydrogen-bond donors (Lipinski definition) is 2. The fourth-order valence-electron chi connectivity index (χ4n) is 5.96. The van der Waals surface area contributed by atoms with Gasteiger partial charge in [-0.25, -0.2) is 4.79 Å². The number of alkyl carbamates (subject to hydrolysis) is 1. The van der Waals surface area contributed by atoms with Crippen LogP contribution in [0.2, 0.25) is 0 Å². The van der Waals surface area contributed by atoms with Crippen molar-refractivity contribution in [3.05, 3.63) is 59.7 Å². The van der Waals surface area contributed by atoms with Crippen LogP contribution in [0.5, 0.6) is 0 Å². The van der Waals surface area contributed by atoms with Crippen LogP contribution in [0.1, 0.15) is 62.5 Å². The summed E-state index contributed by atoms with van der Waals surface area (Å²) in [5.41, 5.74) is 4.10. The molecule has 2 N–H and O–H groups in total. The molecule has 7 heteroatoms. The number of amides is 2. The highest BCUT2D eigenvalue weighted by molar-refractivity contribution is 5.81. The standard InChI is InChI=1S/C28H32N2O5/c1-18-15-19(26(32)33)11-14-30(18)25(31)16-28(12-6-13-28)29-27(34)35-17-24-22-9-4-2-7-20(22)21-8-3-5-10-23(21)24/h2-5,7-10,18-19,24H,6,11-17H2,1H3,(H,29,34)(H,32,33)/t18-,19-/m0/s1. The maximum atomic E-state index is 13.1. The molecule has 5 rings (SSSR count). The molecule has 2 atom stereocenters. The number of likely N-dealkylation sites (tertiary alicyclic amines) is 1. The summed E-state index contributed by atoms with van der Waals surface area (Å²) in [5.74, 6) is -1.23. The van der Waals surface area contributed by atoms with Crippen molar-refractivity contribution in [1.29, 1.82) is 0 Å². The number of fused-ring (bicyclic) bond motifs is 3. The normalized spacial score (nSPS) is 22.5. The number of aliphatic carboxylic acids is 1. The highest BCUT2D eigenvalue weighted by atomic mass is 16.5. The number of carbonyl (C=O) groups excluding carboxylic acids is 2. The van der Waals surface area contributed by atoms with Gasteiger partial charge < -0.3 is 20.1 Å². The van der Waals surface area contributed by atoms with Gasteiger partial charge in [-0.3, -0.25) is 9.59 Å². The van der Waals surface area contributed by atoms with Crippen LogP contribution in [0.4, 0.5) is 4.79 Å². The lowest BCUT2D eigenvalue weighted by Crippen LogP contribution is -2.57. The summed E-state index contributed by atoms with van der Waals surface area (Å²) < 4.78 is 5.72. The van der Waals surface area contributed by atoms with Crippen LogP contribution < -0.4 is 5.32 Å². The van der Waals surface area contributed by atoms with Crippen molar-refractivity contribution in [2.45, 2.75) is 62.9 Å². The van der Waals surface area contributed by atoms with Gasteiger partial charge in [-0.1, -0.05) is 48.5 Å². The van der Waals surface area contributed by atoms with Crippen molar-refractivity contribution in [2.24, 2.45) is 5.92 Å². The zero-order valence-electron chi connectivity index (χ0n) is 20.0. The van der Waals surface area contributed by atoms with Crippen LogP contribution in [-0.2, 0) is 14.3 Å². The lowest BCUT2D eigenvalue weighted by molar-refractivity contribution is -0.148. The van der Waals surface area contributed by atoms with Crippen LogP contribution in [0.15, 0.2) is 48.5 Å². The molecule has 35 heavy (non-hydrogen) atoms. The van der Waals surface area contributed by atoms with Gasteiger partial charge in [0.05, 0.1) is 17.9 Å². The monoisotopic (exact) mass is 476 g/mol. The third-order valence-electron chi connectivity index (χ3n) is 8.06. The van der Waals surface area contributed by atoms with E-state index in [4.69, 9.17) is 4.74 Å². The molecule has 1 saturated heterocycles. The van der Waals surface area contributed by atoms with E-state index in [9.17, 15) is 19.5 Å². The Morgan fingerprint density at radius 3 is 2.23 bits per heavy atom. The zero-order chi connectivity index (χ0) is 24.6. The van der Waals surface area contributed by atoms with Gasteiger partial charge in [0.2, 0.25) is 5.91 Å². The summed E-state index contributed by atoms with van der Waals surface area (Å²) in [6.45, 7) is 2.58. The third kappa shape index (κ3) is 4.51. The molecular weight excluding hydrogens is 444 g/mol. The predicted molar refractivity (Wildman–Crippen MR) is 131 cm³/mol. The van der Waals surface area contributed by atoms with Crippen LogP contribution >= 0.6 is 0 Å². The second-order valence-electron chi connectivity index (χ2n) is 10.3. The van der Waals surface area contributed by atoms with Gasteiger partial charge in [-0.2, -0.15) is 0 Å². The maximum absolute atomic E-state index is 13.1. The molecule has 1 aliphatic heterocycles. The first-order valence-electron chi connectivity index (χ1n) is 12.5. The fraction of sp³-hybridized carbons (Fsp3) is 0.464. The lowest BCUT2D eigenvalue weighted by Gasteiger charge is -2.44. The average Bonchev–Trinajstić information content (AvgIpc) is 3.15. The Morgan fingerprint density at radius 1 is 1.06 bits per heavy atom. The van der Waals surface area contributed by atoms with Crippen molar-refractivity contribution < 1.29 is 24.2 Å². The van der Waals surface area contributed by atoms with Crippen LogP contribution in [0.25, 0.3) is 11.1 Å². The van der Waals surface area contributed by atoms with Gasteiger partial charge >= 0.3 is 12.1 Å². The van der Waals surface area contributed by atoms with Crippen molar-refractivity contribution in [3.63, 3.8) is 0 Å². The summed E-state index contributed by atoms with van der Waals surface area (Å²) in [6.07, 6.45) is 3.10. The second-order valence-corrected chi connectivity index (χ2v) is 10.3. The molecule has 7 nitrogen and oxygen atoms in total. The minimum absolute atomic E-state index is 0.0106. The zero-order valence-corrected chi connectivity index (χ0v) is 20.0. The fourth-order valence-corrected chi connectivity index (χ4v) is 5.96. The Hall–Kier alpha value is -3.35. The Kier molecular flexibility index (Phi) is 6.26. The Labute approximate surface area is 205 Å². The summed E-state index contributed by atoms with van der Waals surface area (Å²) in [7, 11) is 0. The number of carboxylic acids is 1. The van der Waals surface area contributed by atoms with E-state index in [2.05, 4.69) is 29.6 Å². The average molecular weight is 477 g/mol. The SMILES string of the molecule is C[C@H]1C[C@@H](C(=O)O)CCN1C(=O)CC1(NC(=O)OCC2c3ccccc3-c3ccccc32)CCC1. The number of ether oxygens (including phenoxy) is 1. The molecule has 0 unspecified atom stereocenters. The van der Waals surface area contributed by atoms with E-state index >= 15 is 0 Å². The molecule has 2 aliphatic carbocycles. The molecular formula is C28H32N2O5. The molecule has 0 bridgehead atoms. The predicted octanol–water partition coefficient (Wildman–Crippen LogP) is 4.55. The van der Waals surface area contributed by atoms with Crippen LogP contribution in [-0.4, -0.2) is 52.7 Å². The molecule has 2 amide bonds. The van der Waals surface area contributed by atoms with Gasteiger partial charge in [0, 0.05) is 18.5 Å². The quantitative estimate of drug-likeness (QED) is 0.638. The largest absolute Gasteiger partial charge is 0.481 e. The summed E-state index contributed by atoms with van der Waals surface area (Å²) in [5, 5.41) is 12.3. The van der Waals surface area contributed by atoms with E-state index in [-0.39, 0.29) is 30.9 Å². The Balaban J connectivity index is 1.20. The van der Waals surface area contributed by atoms with Crippen molar-refractivity contribution in [1.82, 2.24) is 10.2 Å². The summed E-state index contributed by atoms with van der Waals surface area (Å²) >= 11 is 0. The second kappa shape index (κ2) is 9.36. The summed E-state index contributed by atoms with van der Waals surface area (Å²) in [4.78, 5) is 39.0. The minimum atomic E-state index is -0.795. The number of nitrogens with zero attached hydrogens (tertiary/aromatic N) is 1. The topological polar surface area (TPSA) is 95.9 Å². The smallest absolute Gasteiger partial charge is 0.407 e. The number of carbonyl (C=O) groups is 3. The van der Waals surface area contributed by atoms with E-state index in [0.29, 0.717) is 19.4 Å². The van der Waals surface area contributed by atoms with E-state index in [0.717, 1.165) is 30.4 Å². The molecule has 1 saturated carbocycles. The maximum Gasteiger partial charge on any atom is 0.407 e. The molecule has 1 heterocycles. The van der Waals surface area contributed by atoms with E-state index < -0.39 is 23.5 Å². The Bertz CT molecular complexity index is 1100.